The average molecular weight is 424 g/mol. The van der Waals surface area contributed by atoms with Gasteiger partial charge in [-0.2, -0.15) is 0 Å². The van der Waals surface area contributed by atoms with E-state index in [0.717, 1.165) is 30.4 Å². The summed E-state index contributed by atoms with van der Waals surface area (Å²) in [5.41, 5.74) is 1.04. The number of aromatic nitrogens is 1. The molecule has 0 atom stereocenters. The van der Waals surface area contributed by atoms with Gasteiger partial charge in [-0.05, 0) is 61.0 Å². The Labute approximate surface area is 178 Å². The van der Waals surface area contributed by atoms with Crippen LogP contribution in [0.2, 0.25) is 0 Å². The Kier molecular flexibility index (Phi) is 5.94. The van der Waals surface area contributed by atoms with Crippen LogP contribution >= 0.6 is 0 Å². The summed E-state index contributed by atoms with van der Waals surface area (Å²) in [6, 6.07) is 12.9. The molecule has 0 unspecified atom stereocenters. The highest BCUT2D eigenvalue weighted by molar-refractivity contribution is 5.99. The molecule has 0 aliphatic carbocycles. The van der Waals surface area contributed by atoms with Gasteiger partial charge in [0.2, 0.25) is 11.8 Å². The van der Waals surface area contributed by atoms with Gasteiger partial charge in [0, 0.05) is 36.5 Å². The fraction of sp³-hybridized carbons (Fsp3) is 0.273. The topological polar surface area (TPSA) is 116 Å². The van der Waals surface area contributed by atoms with E-state index in [9.17, 15) is 19.8 Å². The normalized spacial score (nSPS) is 13.9. The Hall–Kier alpha value is -3.72. The molecule has 0 bridgehead atoms. The first-order valence-electron chi connectivity index (χ1n) is 10.1. The van der Waals surface area contributed by atoms with Gasteiger partial charge in [0.25, 0.3) is 5.91 Å². The quantitative estimate of drug-likeness (QED) is 0.483. The van der Waals surface area contributed by atoms with E-state index >= 15 is 0 Å². The number of benzene rings is 2. The molecule has 4 N–H and O–H groups in total. The highest BCUT2D eigenvalue weighted by Crippen LogP contribution is 2.22. The van der Waals surface area contributed by atoms with Crippen molar-refractivity contribution in [3.8, 4) is 11.8 Å². The number of nitrogens with zero attached hydrogens (tertiary/aromatic N) is 2. The molecule has 9 nitrogen and oxygen atoms in total. The molecule has 3 aromatic rings. The minimum absolute atomic E-state index is 0.113. The number of aromatic hydroxyl groups is 2. The first-order valence-corrected chi connectivity index (χ1v) is 10.1. The lowest BCUT2D eigenvalue weighted by Crippen LogP contribution is -2.33. The van der Waals surface area contributed by atoms with E-state index in [2.05, 4.69) is 15.5 Å². The fourth-order valence-corrected chi connectivity index (χ4v) is 3.62. The molecule has 2 amide bonds. The van der Waals surface area contributed by atoms with Gasteiger partial charge >= 0.3 is 6.09 Å². The van der Waals surface area contributed by atoms with E-state index in [0.29, 0.717) is 22.5 Å². The monoisotopic (exact) mass is 424 g/mol. The zero-order valence-electron chi connectivity index (χ0n) is 16.9. The maximum absolute atomic E-state index is 12.4. The minimum atomic E-state index is -0.879. The molecule has 0 saturated carbocycles. The van der Waals surface area contributed by atoms with E-state index < -0.39 is 17.9 Å². The van der Waals surface area contributed by atoms with Crippen LogP contribution in [-0.4, -0.2) is 58.0 Å². The molecule has 31 heavy (non-hydrogen) atoms. The number of carbonyl (C=O) groups excluding carboxylic acids is 2. The maximum Gasteiger partial charge on any atom is 0.436 e. The minimum Gasteiger partial charge on any atom is -0.492 e. The molecule has 1 aromatic heterocycles. The Morgan fingerprint density at radius 1 is 0.935 bits per heavy atom. The van der Waals surface area contributed by atoms with Crippen LogP contribution in [0.3, 0.4) is 0 Å². The van der Waals surface area contributed by atoms with Crippen LogP contribution in [0.4, 0.5) is 10.5 Å². The third kappa shape index (κ3) is 4.89. The van der Waals surface area contributed by atoms with Gasteiger partial charge in [0.1, 0.15) is 0 Å². The average Bonchev–Trinajstić information content (AvgIpc) is 3.39. The largest absolute Gasteiger partial charge is 0.492 e. The van der Waals surface area contributed by atoms with Crippen LogP contribution in [0.25, 0.3) is 10.8 Å². The van der Waals surface area contributed by atoms with Gasteiger partial charge in [0.15, 0.2) is 0 Å². The highest BCUT2D eigenvalue weighted by Gasteiger charge is 2.14. The lowest BCUT2D eigenvalue weighted by atomic mass is 10.1. The van der Waals surface area contributed by atoms with Gasteiger partial charge in [-0.3, -0.25) is 10.1 Å². The number of anilines is 1. The molecule has 9 heteroatoms. The highest BCUT2D eigenvalue weighted by atomic mass is 16.7. The van der Waals surface area contributed by atoms with Crippen molar-refractivity contribution in [3.63, 3.8) is 0 Å². The van der Waals surface area contributed by atoms with Crippen LogP contribution in [0.1, 0.15) is 23.2 Å². The van der Waals surface area contributed by atoms with E-state index in [-0.39, 0.29) is 5.91 Å². The van der Waals surface area contributed by atoms with Crippen molar-refractivity contribution >= 4 is 28.5 Å². The molecule has 1 aliphatic rings. The molecule has 4 rings (SSSR count). The van der Waals surface area contributed by atoms with Crippen molar-refractivity contribution in [1.82, 2.24) is 14.9 Å². The Bertz CT molecular complexity index is 1080. The summed E-state index contributed by atoms with van der Waals surface area (Å²) < 4.78 is 0.602. The zero-order valence-corrected chi connectivity index (χ0v) is 16.9. The third-order valence-electron chi connectivity index (χ3n) is 5.23. The summed E-state index contributed by atoms with van der Waals surface area (Å²) in [5, 5.41) is 26.2. The summed E-state index contributed by atoms with van der Waals surface area (Å²) in [7, 11) is 0. The van der Waals surface area contributed by atoms with Crippen molar-refractivity contribution in [2.45, 2.75) is 12.8 Å². The summed E-state index contributed by atoms with van der Waals surface area (Å²) >= 11 is 0. The SMILES string of the molecule is O=C(Nc1ccc2cc(C(=O)NCCN3CCCC3)ccc2c1)On1c(O)ccc1O. The van der Waals surface area contributed by atoms with Crippen LogP contribution < -0.4 is 15.5 Å². The standard InChI is InChI=1S/C22H24N4O5/c27-19-7-8-20(28)26(19)31-22(30)24-18-6-5-15-13-17(4-3-16(15)14-18)21(29)23-9-12-25-10-1-2-11-25/h3-8,13-14,27-28H,1-2,9-12H2,(H,23,29)(H,24,30). The lowest BCUT2D eigenvalue weighted by Gasteiger charge is -2.14. The van der Waals surface area contributed by atoms with Crippen molar-refractivity contribution < 1.29 is 24.6 Å². The summed E-state index contributed by atoms with van der Waals surface area (Å²) in [6.45, 7) is 3.68. The van der Waals surface area contributed by atoms with E-state index in [4.69, 9.17) is 4.84 Å². The lowest BCUT2D eigenvalue weighted by molar-refractivity contribution is 0.0950. The van der Waals surface area contributed by atoms with Gasteiger partial charge in [-0.25, -0.2) is 4.79 Å². The molecule has 1 aliphatic heterocycles. The molecular formula is C22H24N4O5. The molecule has 0 radical (unpaired) electrons. The molecule has 0 spiro atoms. The zero-order chi connectivity index (χ0) is 21.8. The predicted molar refractivity (Wildman–Crippen MR) is 115 cm³/mol. The van der Waals surface area contributed by atoms with Crippen LogP contribution in [-0.2, 0) is 0 Å². The van der Waals surface area contributed by atoms with Crippen molar-refractivity contribution in [1.29, 1.82) is 0 Å². The van der Waals surface area contributed by atoms with E-state index in [1.165, 1.54) is 25.0 Å². The number of likely N-dealkylation sites (tertiary alicyclic amines) is 1. The first kappa shape index (κ1) is 20.5. The fourth-order valence-electron chi connectivity index (χ4n) is 3.62. The number of fused-ring (bicyclic) bond motifs is 1. The Balaban J connectivity index is 1.37. The van der Waals surface area contributed by atoms with Crippen LogP contribution in [0.5, 0.6) is 11.8 Å². The van der Waals surface area contributed by atoms with Gasteiger partial charge in [-0.1, -0.05) is 12.1 Å². The molecule has 1 fully saturated rings. The van der Waals surface area contributed by atoms with Crippen molar-refractivity contribution in [2.24, 2.45) is 0 Å². The second-order valence-electron chi connectivity index (χ2n) is 7.43. The Morgan fingerprint density at radius 3 is 2.35 bits per heavy atom. The molecule has 162 valence electrons. The van der Waals surface area contributed by atoms with Crippen LogP contribution in [0, 0.1) is 0 Å². The molecule has 2 heterocycles. The van der Waals surface area contributed by atoms with Crippen molar-refractivity contribution in [3.05, 3.63) is 54.1 Å². The van der Waals surface area contributed by atoms with Gasteiger partial charge in [0.05, 0.1) is 0 Å². The van der Waals surface area contributed by atoms with Gasteiger partial charge < -0.3 is 25.3 Å². The predicted octanol–water partition coefficient (Wildman–Crippen LogP) is 2.54. The number of amides is 2. The number of hydrogen-bond donors (Lipinski definition) is 4. The summed E-state index contributed by atoms with van der Waals surface area (Å²) in [4.78, 5) is 31.7. The van der Waals surface area contributed by atoms with Crippen molar-refractivity contribution in [2.75, 3.05) is 31.5 Å². The van der Waals surface area contributed by atoms with E-state index in [1.54, 1.807) is 30.3 Å². The summed E-state index contributed by atoms with van der Waals surface area (Å²) in [5.74, 6) is -0.923. The number of hydrogen-bond acceptors (Lipinski definition) is 6. The van der Waals surface area contributed by atoms with E-state index in [1.807, 2.05) is 6.07 Å². The molecular weight excluding hydrogens is 400 g/mol. The number of carbonyl (C=O) groups is 2. The van der Waals surface area contributed by atoms with Crippen LogP contribution in [0.15, 0.2) is 48.5 Å². The number of nitrogens with one attached hydrogen (secondary N) is 2. The second kappa shape index (κ2) is 8.97. The smallest absolute Gasteiger partial charge is 0.436 e. The molecule has 2 aromatic carbocycles. The second-order valence-corrected chi connectivity index (χ2v) is 7.43. The number of rotatable bonds is 6. The molecule has 1 saturated heterocycles. The maximum atomic E-state index is 12.4. The Morgan fingerprint density at radius 2 is 1.61 bits per heavy atom. The van der Waals surface area contributed by atoms with Gasteiger partial charge in [-0.15, -0.1) is 4.73 Å². The first-order chi connectivity index (χ1) is 15.0. The summed E-state index contributed by atoms with van der Waals surface area (Å²) in [6.07, 6.45) is 1.57. The third-order valence-corrected chi connectivity index (χ3v) is 5.23.